The molecule has 0 aliphatic heterocycles. The van der Waals surface area contributed by atoms with Gasteiger partial charge in [0, 0.05) is 12.4 Å². The molecule has 1 aromatic carbocycles. The molecule has 0 radical (unpaired) electrons. The van der Waals surface area contributed by atoms with Crippen molar-refractivity contribution in [1.82, 2.24) is 19.7 Å². The Kier molecular flexibility index (Phi) is 2.77. The van der Waals surface area contributed by atoms with Gasteiger partial charge in [-0.25, -0.2) is 4.98 Å². The standard InChI is InChI=1S/C13H11F3N4/c1-8(20-6-2-5-17-20)12-18-10-4-3-9(13(14,15)16)7-11(10)19-12/h2-8H,1H3,(H,18,19). The number of fused-ring (bicyclic) bond motifs is 1. The maximum absolute atomic E-state index is 12.7. The molecule has 0 saturated heterocycles. The summed E-state index contributed by atoms with van der Waals surface area (Å²) in [5, 5.41) is 4.10. The average Bonchev–Trinajstić information content (AvgIpc) is 3.05. The number of aromatic nitrogens is 4. The SMILES string of the molecule is CC(c1nc2ccc(C(F)(F)F)cc2[nH]1)n1cccn1. The molecule has 20 heavy (non-hydrogen) atoms. The predicted octanol–water partition coefficient (Wildman–Crippen LogP) is 3.39. The zero-order chi connectivity index (χ0) is 14.3. The summed E-state index contributed by atoms with van der Waals surface area (Å²) < 4.78 is 39.7. The lowest BCUT2D eigenvalue weighted by atomic mass is 10.2. The summed E-state index contributed by atoms with van der Waals surface area (Å²) in [6.45, 7) is 1.87. The molecular formula is C13H11F3N4. The minimum Gasteiger partial charge on any atom is -0.340 e. The van der Waals surface area contributed by atoms with Crippen molar-refractivity contribution >= 4 is 11.0 Å². The summed E-state index contributed by atoms with van der Waals surface area (Å²) in [6, 6.07) is 5.08. The van der Waals surface area contributed by atoms with Crippen LogP contribution in [-0.2, 0) is 6.18 Å². The van der Waals surface area contributed by atoms with Gasteiger partial charge in [-0.1, -0.05) is 0 Å². The van der Waals surface area contributed by atoms with E-state index in [9.17, 15) is 13.2 Å². The number of nitrogens with zero attached hydrogens (tertiary/aromatic N) is 3. The third kappa shape index (κ3) is 2.15. The van der Waals surface area contributed by atoms with Crippen LogP contribution < -0.4 is 0 Å². The molecule has 7 heteroatoms. The number of halogens is 3. The number of rotatable bonds is 2. The Balaban J connectivity index is 2.03. The minimum atomic E-state index is -4.35. The number of hydrogen-bond donors (Lipinski definition) is 1. The molecule has 4 nitrogen and oxygen atoms in total. The van der Waals surface area contributed by atoms with E-state index in [2.05, 4.69) is 15.1 Å². The van der Waals surface area contributed by atoms with Crippen LogP contribution in [0.15, 0.2) is 36.7 Å². The van der Waals surface area contributed by atoms with Crippen LogP contribution in [-0.4, -0.2) is 19.7 Å². The Morgan fingerprint density at radius 3 is 2.75 bits per heavy atom. The normalized spacial score (nSPS) is 13.8. The molecule has 1 atom stereocenters. The summed E-state index contributed by atoms with van der Waals surface area (Å²) in [5.74, 6) is 0.572. The van der Waals surface area contributed by atoms with Crippen LogP contribution in [0, 0.1) is 0 Å². The number of alkyl halides is 3. The van der Waals surface area contributed by atoms with Crippen LogP contribution in [0.2, 0.25) is 0 Å². The van der Waals surface area contributed by atoms with Gasteiger partial charge in [-0.2, -0.15) is 18.3 Å². The van der Waals surface area contributed by atoms with E-state index < -0.39 is 11.7 Å². The van der Waals surface area contributed by atoms with Crippen molar-refractivity contribution < 1.29 is 13.2 Å². The van der Waals surface area contributed by atoms with Crippen molar-refractivity contribution in [3.8, 4) is 0 Å². The molecule has 3 aromatic rings. The Hall–Kier alpha value is -2.31. The van der Waals surface area contributed by atoms with E-state index in [1.165, 1.54) is 6.07 Å². The monoisotopic (exact) mass is 280 g/mol. The van der Waals surface area contributed by atoms with Gasteiger partial charge in [-0.3, -0.25) is 4.68 Å². The average molecular weight is 280 g/mol. The van der Waals surface area contributed by atoms with Crippen LogP contribution >= 0.6 is 0 Å². The van der Waals surface area contributed by atoms with E-state index >= 15 is 0 Å². The first-order chi connectivity index (χ1) is 9.45. The van der Waals surface area contributed by atoms with E-state index in [1.54, 1.807) is 23.1 Å². The van der Waals surface area contributed by atoms with Crippen molar-refractivity contribution in [3.05, 3.63) is 48.0 Å². The van der Waals surface area contributed by atoms with Gasteiger partial charge in [-0.15, -0.1) is 0 Å². The molecule has 2 aromatic heterocycles. The maximum atomic E-state index is 12.7. The Morgan fingerprint density at radius 1 is 1.30 bits per heavy atom. The molecule has 0 aliphatic rings. The van der Waals surface area contributed by atoms with Gasteiger partial charge in [0.15, 0.2) is 0 Å². The van der Waals surface area contributed by atoms with Crippen molar-refractivity contribution in [2.45, 2.75) is 19.1 Å². The summed E-state index contributed by atoms with van der Waals surface area (Å²) >= 11 is 0. The van der Waals surface area contributed by atoms with Crippen molar-refractivity contribution in [1.29, 1.82) is 0 Å². The Labute approximate surface area is 112 Å². The third-order valence-corrected chi connectivity index (χ3v) is 3.14. The quantitative estimate of drug-likeness (QED) is 0.782. The summed E-state index contributed by atoms with van der Waals surface area (Å²) in [4.78, 5) is 7.23. The summed E-state index contributed by atoms with van der Waals surface area (Å²) in [5.41, 5.74) is 0.188. The van der Waals surface area contributed by atoms with Gasteiger partial charge < -0.3 is 4.98 Å². The summed E-state index contributed by atoms with van der Waals surface area (Å²) in [6.07, 6.45) is -0.938. The number of H-pyrrole nitrogens is 1. The second-order valence-electron chi connectivity index (χ2n) is 4.51. The molecule has 0 bridgehead atoms. The molecule has 0 spiro atoms. The van der Waals surface area contributed by atoms with Gasteiger partial charge in [0.2, 0.25) is 0 Å². The van der Waals surface area contributed by atoms with Crippen LogP contribution in [0.1, 0.15) is 24.4 Å². The molecule has 1 N–H and O–H groups in total. The Morgan fingerprint density at radius 2 is 2.10 bits per heavy atom. The van der Waals surface area contributed by atoms with Gasteiger partial charge in [0.1, 0.15) is 11.9 Å². The molecule has 0 aliphatic carbocycles. The highest BCUT2D eigenvalue weighted by Gasteiger charge is 2.30. The van der Waals surface area contributed by atoms with E-state index in [1.807, 2.05) is 6.92 Å². The van der Waals surface area contributed by atoms with Crippen LogP contribution in [0.25, 0.3) is 11.0 Å². The maximum Gasteiger partial charge on any atom is 0.416 e. The molecule has 0 fully saturated rings. The number of imidazole rings is 1. The van der Waals surface area contributed by atoms with E-state index in [0.29, 0.717) is 16.9 Å². The first-order valence-corrected chi connectivity index (χ1v) is 6.01. The Bertz CT molecular complexity index is 728. The zero-order valence-corrected chi connectivity index (χ0v) is 10.5. The minimum absolute atomic E-state index is 0.174. The van der Waals surface area contributed by atoms with E-state index in [4.69, 9.17) is 0 Å². The zero-order valence-electron chi connectivity index (χ0n) is 10.5. The first-order valence-electron chi connectivity index (χ1n) is 6.01. The lowest BCUT2D eigenvalue weighted by Gasteiger charge is -2.08. The molecule has 3 rings (SSSR count). The molecule has 0 amide bonds. The number of hydrogen-bond acceptors (Lipinski definition) is 2. The van der Waals surface area contributed by atoms with Crippen LogP contribution in [0.3, 0.4) is 0 Å². The number of nitrogens with one attached hydrogen (secondary N) is 1. The summed E-state index contributed by atoms with van der Waals surface area (Å²) in [7, 11) is 0. The fourth-order valence-corrected chi connectivity index (χ4v) is 2.04. The predicted molar refractivity (Wildman–Crippen MR) is 67.1 cm³/mol. The largest absolute Gasteiger partial charge is 0.416 e. The highest BCUT2D eigenvalue weighted by atomic mass is 19.4. The highest BCUT2D eigenvalue weighted by molar-refractivity contribution is 5.76. The first kappa shape index (κ1) is 12.7. The molecule has 104 valence electrons. The van der Waals surface area contributed by atoms with Gasteiger partial charge in [0.05, 0.1) is 16.6 Å². The van der Waals surface area contributed by atoms with E-state index in [0.717, 1.165) is 12.1 Å². The molecule has 1 unspecified atom stereocenters. The number of benzene rings is 1. The fraction of sp³-hybridized carbons (Fsp3) is 0.231. The fourth-order valence-electron chi connectivity index (χ4n) is 2.04. The second kappa shape index (κ2) is 4.36. The number of aromatic amines is 1. The smallest absolute Gasteiger partial charge is 0.340 e. The van der Waals surface area contributed by atoms with Crippen molar-refractivity contribution in [2.24, 2.45) is 0 Å². The molecular weight excluding hydrogens is 269 g/mol. The third-order valence-electron chi connectivity index (χ3n) is 3.14. The lowest BCUT2D eigenvalue weighted by Crippen LogP contribution is -2.08. The molecule has 0 saturated carbocycles. The lowest BCUT2D eigenvalue weighted by molar-refractivity contribution is -0.137. The van der Waals surface area contributed by atoms with Gasteiger partial charge in [0.25, 0.3) is 0 Å². The second-order valence-corrected chi connectivity index (χ2v) is 4.51. The van der Waals surface area contributed by atoms with Gasteiger partial charge in [-0.05, 0) is 31.2 Å². The van der Waals surface area contributed by atoms with E-state index in [-0.39, 0.29) is 6.04 Å². The molecule has 2 heterocycles. The van der Waals surface area contributed by atoms with Crippen molar-refractivity contribution in [3.63, 3.8) is 0 Å². The van der Waals surface area contributed by atoms with Crippen LogP contribution in [0.4, 0.5) is 13.2 Å². The topological polar surface area (TPSA) is 46.5 Å². The van der Waals surface area contributed by atoms with Crippen molar-refractivity contribution in [2.75, 3.05) is 0 Å². The van der Waals surface area contributed by atoms with Crippen LogP contribution in [0.5, 0.6) is 0 Å². The van der Waals surface area contributed by atoms with Gasteiger partial charge >= 0.3 is 6.18 Å². The highest BCUT2D eigenvalue weighted by Crippen LogP contribution is 2.31.